The fourth-order valence-corrected chi connectivity index (χ4v) is 10.0. The van der Waals surface area contributed by atoms with Gasteiger partial charge in [0.25, 0.3) is 0 Å². The van der Waals surface area contributed by atoms with Crippen LogP contribution in [0.1, 0.15) is 128 Å². The molecule has 1 aromatic carbocycles. The van der Waals surface area contributed by atoms with Crippen molar-refractivity contribution in [2.45, 2.75) is 140 Å². The number of nitrogens with zero attached hydrogens (tertiary/aromatic N) is 2. The maximum atomic E-state index is 14.6. The molecule has 5 aliphatic rings. The number of carbonyl (C=O) groups excluding carboxylic acids is 1. The summed E-state index contributed by atoms with van der Waals surface area (Å²) in [5.74, 6) is -0.0122. The van der Waals surface area contributed by atoms with Gasteiger partial charge in [0.2, 0.25) is 18.0 Å². The molecule has 2 heterocycles. The summed E-state index contributed by atoms with van der Waals surface area (Å²) in [4.78, 5) is 22.8. The maximum Gasteiger partial charge on any atom is 0.239 e. The highest BCUT2D eigenvalue weighted by Gasteiger charge is 2.65. The summed E-state index contributed by atoms with van der Waals surface area (Å²) in [5.41, 5.74) is 2.71. The summed E-state index contributed by atoms with van der Waals surface area (Å²) in [6.45, 7) is 7.82. The summed E-state index contributed by atoms with van der Waals surface area (Å²) in [5, 5.41) is 35.5. The Balaban J connectivity index is 1.52. The molecule has 2 saturated carbocycles. The van der Waals surface area contributed by atoms with E-state index in [-0.39, 0.29) is 55.1 Å². The molecule has 53 heavy (non-hydrogen) atoms. The number of rotatable bonds is 19. The van der Waals surface area contributed by atoms with Crippen LogP contribution in [0.3, 0.4) is 0 Å². The second kappa shape index (κ2) is 19.1. The third-order valence-corrected chi connectivity index (χ3v) is 12.5. The first kappa shape index (κ1) is 39.8. The van der Waals surface area contributed by atoms with Crippen LogP contribution < -0.4 is 4.74 Å². The first-order valence-corrected chi connectivity index (χ1v) is 20.8. The molecular formula is C43H64N2O8. The largest absolute Gasteiger partial charge is 0.508 e. The molecule has 3 fully saturated rings. The summed E-state index contributed by atoms with van der Waals surface area (Å²) < 4.78 is 20.2. The third-order valence-electron chi connectivity index (χ3n) is 12.5. The molecule has 7 unspecified atom stereocenters. The minimum atomic E-state index is -1.27. The predicted molar refractivity (Wildman–Crippen MR) is 204 cm³/mol. The SMILES string of the molecule is C=CCOC12Oc3ccc(O)cc3C3C(CCCCO)C(CCCCO)C=C(C(=NOC4CCCCO4)CC1N(CCC)C(=O)CCC1CCCC1)C32. The Morgan fingerprint density at radius 1 is 1.06 bits per heavy atom. The highest BCUT2D eigenvalue weighted by atomic mass is 16.8. The lowest BCUT2D eigenvalue weighted by atomic mass is 9.55. The van der Waals surface area contributed by atoms with E-state index in [2.05, 4.69) is 19.6 Å². The van der Waals surface area contributed by atoms with E-state index in [1.807, 2.05) is 17.0 Å². The van der Waals surface area contributed by atoms with Gasteiger partial charge in [-0.25, -0.2) is 0 Å². The molecule has 1 amide bonds. The zero-order chi connectivity index (χ0) is 37.2. The first-order chi connectivity index (χ1) is 25.9. The van der Waals surface area contributed by atoms with Gasteiger partial charge < -0.3 is 39.3 Å². The molecule has 10 nitrogen and oxygen atoms in total. The van der Waals surface area contributed by atoms with Crippen molar-refractivity contribution in [3.63, 3.8) is 0 Å². The number of aliphatic hydroxyl groups excluding tert-OH is 2. The third kappa shape index (κ3) is 8.98. The van der Waals surface area contributed by atoms with Crippen molar-refractivity contribution in [2.75, 3.05) is 33.0 Å². The van der Waals surface area contributed by atoms with Gasteiger partial charge in [-0.05, 0) is 92.9 Å². The van der Waals surface area contributed by atoms with E-state index in [1.165, 1.54) is 25.7 Å². The van der Waals surface area contributed by atoms with Crippen LogP contribution in [-0.4, -0.2) is 82.9 Å². The van der Waals surface area contributed by atoms with Crippen LogP contribution in [-0.2, 0) is 19.1 Å². The summed E-state index contributed by atoms with van der Waals surface area (Å²) >= 11 is 0. The van der Waals surface area contributed by atoms with Gasteiger partial charge in [0.15, 0.2) is 0 Å². The van der Waals surface area contributed by atoms with Crippen LogP contribution in [0.15, 0.2) is 47.7 Å². The first-order valence-electron chi connectivity index (χ1n) is 20.8. The van der Waals surface area contributed by atoms with Crippen LogP contribution in [0.5, 0.6) is 11.5 Å². The normalized spacial score (nSPS) is 30.2. The van der Waals surface area contributed by atoms with Crippen molar-refractivity contribution in [1.82, 2.24) is 4.90 Å². The lowest BCUT2D eigenvalue weighted by Crippen LogP contribution is -2.70. The zero-order valence-electron chi connectivity index (χ0n) is 32.0. The van der Waals surface area contributed by atoms with Gasteiger partial charge in [-0.3, -0.25) is 4.79 Å². The van der Waals surface area contributed by atoms with Crippen LogP contribution >= 0.6 is 0 Å². The van der Waals surface area contributed by atoms with E-state index in [1.54, 1.807) is 12.1 Å². The number of benzene rings is 1. The fourth-order valence-electron chi connectivity index (χ4n) is 10.0. The number of carbonyl (C=O) groups is 1. The second-order valence-electron chi connectivity index (χ2n) is 16.0. The Kier molecular flexibility index (Phi) is 14.3. The number of aromatic hydroxyl groups is 1. The van der Waals surface area contributed by atoms with Crippen molar-refractivity contribution in [2.24, 2.45) is 28.8 Å². The average molecular weight is 737 g/mol. The molecule has 10 heteroatoms. The highest BCUT2D eigenvalue weighted by Crippen LogP contribution is 2.62. The smallest absolute Gasteiger partial charge is 0.239 e. The van der Waals surface area contributed by atoms with Crippen molar-refractivity contribution < 1.29 is 39.2 Å². The van der Waals surface area contributed by atoms with Gasteiger partial charge in [0, 0.05) is 50.5 Å². The molecule has 0 radical (unpaired) electrons. The number of phenolic OH excluding ortho intramolecular Hbond substituents is 1. The number of amides is 1. The molecule has 1 aromatic rings. The monoisotopic (exact) mass is 736 g/mol. The number of phenols is 1. The van der Waals surface area contributed by atoms with Gasteiger partial charge in [0.05, 0.1) is 24.8 Å². The summed E-state index contributed by atoms with van der Waals surface area (Å²) in [6, 6.07) is 4.84. The zero-order valence-corrected chi connectivity index (χ0v) is 32.0. The number of ether oxygens (including phenoxy) is 3. The lowest BCUT2D eigenvalue weighted by molar-refractivity contribution is -0.257. The molecule has 0 bridgehead atoms. The fraction of sp³-hybridized carbons (Fsp3) is 0.721. The van der Waals surface area contributed by atoms with E-state index < -0.39 is 18.1 Å². The summed E-state index contributed by atoms with van der Waals surface area (Å²) in [7, 11) is 0. The van der Waals surface area contributed by atoms with E-state index in [4.69, 9.17) is 24.2 Å². The van der Waals surface area contributed by atoms with E-state index in [0.717, 1.165) is 74.6 Å². The molecule has 294 valence electrons. The van der Waals surface area contributed by atoms with Crippen molar-refractivity contribution in [1.29, 1.82) is 0 Å². The molecule has 0 aromatic heterocycles. The molecular weight excluding hydrogens is 672 g/mol. The number of oxime groups is 1. The van der Waals surface area contributed by atoms with Gasteiger partial charge in [-0.1, -0.05) is 62.8 Å². The summed E-state index contributed by atoms with van der Waals surface area (Å²) in [6.07, 6.45) is 18.7. The topological polar surface area (TPSA) is 130 Å². The molecule has 6 rings (SSSR count). The molecule has 3 aliphatic carbocycles. The van der Waals surface area contributed by atoms with E-state index in [0.29, 0.717) is 50.5 Å². The van der Waals surface area contributed by atoms with E-state index in [9.17, 15) is 20.1 Å². The molecule has 2 aliphatic heterocycles. The van der Waals surface area contributed by atoms with Gasteiger partial charge in [0.1, 0.15) is 17.5 Å². The number of hydrogen-bond acceptors (Lipinski definition) is 9. The van der Waals surface area contributed by atoms with Crippen LogP contribution in [0.2, 0.25) is 0 Å². The van der Waals surface area contributed by atoms with Gasteiger partial charge in [-0.2, -0.15) is 0 Å². The molecule has 7 atom stereocenters. The van der Waals surface area contributed by atoms with Crippen LogP contribution in [0, 0.1) is 23.7 Å². The minimum Gasteiger partial charge on any atom is -0.508 e. The molecule has 3 N–H and O–H groups in total. The maximum absolute atomic E-state index is 14.6. The number of hydrogen-bond donors (Lipinski definition) is 3. The Hall–Kier alpha value is -2.92. The Morgan fingerprint density at radius 3 is 2.55 bits per heavy atom. The number of unbranched alkanes of at least 4 members (excludes halogenated alkanes) is 2. The highest BCUT2D eigenvalue weighted by molar-refractivity contribution is 6.03. The van der Waals surface area contributed by atoms with E-state index >= 15 is 0 Å². The Morgan fingerprint density at radius 2 is 1.83 bits per heavy atom. The molecule has 0 spiro atoms. The number of allylic oxidation sites excluding steroid dienone is 1. The molecule has 1 saturated heterocycles. The van der Waals surface area contributed by atoms with Crippen molar-refractivity contribution >= 4 is 11.6 Å². The second-order valence-corrected chi connectivity index (χ2v) is 16.0. The lowest BCUT2D eigenvalue weighted by Gasteiger charge is -2.60. The quantitative estimate of drug-likeness (QED) is 0.0747. The van der Waals surface area contributed by atoms with Crippen LogP contribution in [0.4, 0.5) is 0 Å². The minimum absolute atomic E-state index is 0.113. The van der Waals surface area contributed by atoms with Crippen molar-refractivity contribution in [3.05, 3.63) is 48.1 Å². The standard InChI is InChI=1S/C43H64N2O8/c1-3-22-45(39(49)21-18-30-13-5-6-14-30)38-29-36(44-53-40-17-9-12-26-50-40)34-27-31(15-7-10-23-46)33(16-8-11-24-47)41-35-28-32(48)19-20-37(35)52-43(38,42(34)41)51-25-4-2/h4,19-20,27-28,30-31,33,38,40-42,46-48H,2-3,5-18,21-26,29H2,1H3. The number of aliphatic hydroxyl groups is 2. The Bertz CT molecular complexity index is 1420. The number of fused-ring (bicyclic) bond motifs is 2. The van der Waals surface area contributed by atoms with Crippen LogP contribution in [0.25, 0.3) is 0 Å². The Labute approximate surface area is 316 Å². The van der Waals surface area contributed by atoms with Gasteiger partial charge in [-0.15, -0.1) is 6.58 Å². The van der Waals surface area contributed by atoms with Gasteiger partial charge >= 0.3 is 0 Å². The average Bonchev–Trinajstić information content (AvgIpc) is 3.70. The van der Waals surface area contributed by atoms with Crippen molar-refractivity contribution in [3.8, 4) is 11.5 Å². The predicted octanol–water partition coefficient (Wildman–Crippen LogP) is 7.76.